The Hall–Kier alpha value is -0.530. The molecule has 0 radical (unpaired) electrons. The van der Waals surface area contributed by atoms with Crippen LogP contribution in [0.5, 0.6) is 0 Å². The quantitative estimate of drug-likeness (QED) is 0.603. The molecular weight excluding hydrogens is 176 g/mol. The first-order chi connectivity index (χ1) is 6.38. The first-order valence-corrected chi connectivity index (χ1v) is 5.55. The summed E-state index contributed by atoms with van der Waals surface area (Å²) in [5.41, 5.74) is 0.552. The van der Waals surface area contributed by atoms with Gasteiger partial charge >= 0.3 is 5.97 Å². The van der Waals surface area contributed by atoms with Crippen molar-refractivity contribution in [2.24, 2.45) is 16.7 Å². The van der Waals surface area contributed by atoms with Crippen LogP contribution in [-0.4, -0.2) is 12.1 Å². The first kappa shape index (κ1) is 10.0. The fraction of sp³-hybridized carbons (Fsp3) is 0.917. The Morgan fingerprint density at radius 3 is 2.36 bits per heavy atom. The van der Waals surface area contributed by atoms with Gasteiger partial charge in [-0.2, -0.15) is 0 Å². The Morgan fingerprint density at radius 1 is 1.36 bits per heavy atom. The van der Waals surface area contributed by atoms with E-state index in [1.807, 2.05) is 0 Å². The Labute approximate surface area is 86.0 Å². The zero-order chi connectivity index (χ0) is 10.6. The topological polar surface area (TPSA) is 26.3 Å². The van der Waals surface area contributed by atoms with Crippen molar-refractivity contribution in [3.05, 3.63) is 0 Å². The molecule has 0 aromatic carbocycles. The molecule has 0 saturated heterocycles. The summed E-state index contributed by atoms with van der Waals surface area (Å²) < 4.78 is 5.44. The number of hydrogen-bond acceptors (Lipinski definition) is 2. The monoisotopic (exact) mass is 196 g/mol. The lowest BCUT2D eigenvalue weighted by atomic mass is 9.70. The number of fused-ring (bicyclic) bond motifs is 2. The predicted octanol–water partition coefficient (Wildman–Crippen LogP) is 2.76. The number of ether oxygens (including phenoxy) is 1. The van der Waals surface area contributed by atoms with E-state index in [0.717, 1.165) is 12.3 Å². The number of esters is 1. The molecular formula is C12H20O2. The van der Waals surface area contributed by atoms with Gasteiger partial charge in [-0.3, -0.25) is 4.79 Å². The molecule has 0 spiro atoms. The molecule has 2 aliphatic carbocycles. The van der Waals surface area contributed by atoms with Gasteiger partial charge in [0, 0.05) is 12.3 Å². The van der Waals surface area contributed by atoms with Crippen molar-refractivity contribution < 1.29 is 9.53 Å². The third kappa shape index (κ3) is 1.06. The van der Waals surface area contributed by atoms with E-state index in [0.29, 0.717) is 5.41 Å². The van der Waals surface area contributed by atoms with Crippen molar-refractivity contribution >= 4 is 5.97 Å². The minimum Gasteiger partial charge on any atom is -0.462 e. The molecule has 14 heavy (non-hydrogen) atoms. The van der Waals surface area contributed by atoms with Crippen LogP contribution in [0.2, 0.25) is 0 Å². The molecule has 2 rings (SSSR count). The summed E-state index contributed by atoms with van der Waals surface area (Å²) in [6.07, 6.45) is 3.75. The van der Waals surface area contributed by atoms with Gasteiger partial charge in [0.05, 0.1) is 0 Å². The fourth-order valence-corrected chi connectivity index (χ4v) is 3.51. The van der Waals surface area contributed by atoms with Crippen LogP contribution in [-0.2, 0) is 9.53 Å². The van der Waals surface area contributed by atoms with Gasteiger partial charge in [0.25, 0.3) is 0 Å². The minimum atomic E-state index is -0.125. The molecule has 0 heterocycles. The lowest BCUT2D eigenvalue weighted by Gasteiger charge is -2.38. The molecule has 3 atom stereocenters. The summed E-state index contributed by atoms with van der Waals surface area (Å²) >= 11 is 0. The third-order valence-corrected chi connectivity index (χ3v) is 5.02. The van der Waals surface area contributed by atoms with Crippen LogP contribution in [0.4, 0.5) is 0 Å². The highest BCUT2D eigenvalue weighted by Gasteiger charge is 2.62. The van der Waals surface area contributed by atoms with E-state index in [4.69, 9.17) is 4.74 Å². The molecule has 2 nitrogen and oxygen atoms in total. The highest BCUT2D eigenvalue weighted by molar-refractivity contribution is 5.66. The van der Waals surface area contributed by atoms with Crippen LogP contribution >= 0.6 is 0 Å². The molecule has 0 aliphatic heterocycles. The third-order valence-electron chi connectivity index (χ3n) is 5.02. The van der Waals surface area contributed by atoms with Gasteiger partial charge in [0.1, 0.15) is 6.10 Å². The van der Waals surface area contributed by atoms with Crippen molar-refractivity contribution in [3.8, 4) is 0 Å². The molecule has 0 aromatic heterocycles. The SMILES string of the molecule is CC(=O)O[C@H]1C[C@@H]2CCC1(C)C2(C)C. The maximum Gasteiger partial charge on any atom is 0.302 e. The van der Waals surface area contributed by atoms with Crippen molar-refractivity contribution in [2.75, 3.05) is 0 Å². The lowest BCUT2D eigenvalue weighted by molar-refractivity contribution is -0.154. The Bertz CT molecular complexity index is 269. The Balaban J connectivity index is 2.23. The van der Waals surface area contributed by atoms with E-state index in [-0.39, 0.29) is 17.5 Å². The molecule has 2 saturated carbocycles. The first-order valence-electron chi connectivity index (χ1n) is 5.55. The minimum absolute atomic E-state index is 0.125. The van der Waals surface area contributed by atoms with Gasteiger partial charge < -0.3 is 4.74 Å². The molecule has 0 amide bonds. The molecule has 80 valence electrons. The van der Waals surface area contributed by atoms with Crippen LogP contribution in [0, 0.1) is 16.7 Å². The number of rotatable bonds is 1. The predicted molar refractivity (Wildman–Crippen MR) is 54.8 cm³/mol. The van der Waals surface area contributed by atoms with Gasteiger partial charge in [0.2, 0.25) is 0 Å². The van der Waals surface area contributed by atoms with Crippen LogP contribution in [0.1, 0.15) is 47.0 Å². The Morgan fingerprint density at radius 2 is 2.00 bits per heavy atom. The van der Waals surface area contributed by atoms with Crippen molar-refractivity contribution in [1.29, 1.82) is 0 Å². The van der Waals surface area contributed by atoms with Gasteiger partial charge in [-0.1, -0.05) is 20.8 Å². The van der Waals surface area contributed by atoms with Gasteiger partial charge in [-0.25, -0.2) is 0 Å². The number of hydrogen-bond donors (Lipinski definition) is 0. The molecule has 0 N–H and O–H groups in total. The van der Waals surface area contributed by atoms with E-state index in [9.17, 15) is 4.79 Å². The van der Waals surface area contributed by atoms with Crippen LogP contribution < -0.4 is 0 Å². The molecule has 2 heteroatoms. The summed E-state index contributed by atoms with van der Waals surface area (Å²) in [6, 6.07) is 0. The zero-order valence-corrected chi connectivity index (χ0v) is 9.59. The van der Waals surface area contributed by atoms with Crippen molar-refractivity contribution in [2.45, 2.75) is 53.1 Å². The summed E-state index contributed by atoms with van der Waals surface area (Å²) in [7, 11) is 0. The standard InChI is InChI=1S/C12H20O2/c1-8(13)14-10-7-9-5-6-12(10,4)11(9,2)3/h9-10H,5-7H2,1-4H3/t9-,10-,12?/m0/s1. The van der Waals surface area contributed by atoms with Crippen LogP contribution in [0.3, 0.4) is 0 Å². The van der Waals surface area contributed by atoms with E-state index < -0.39 is 0 Å². The van der Waals surface area contributed by atoms with Gasteiger partial charge in [-0.15, -0.1) is 0 Å². The fourth-order valence-electron chi connectivity index (χ4n) is 3.51. The van der Waals surface area contributed by atoms with E-state index in [1.165, 1.54) is 19.8 Å². The number of carbonyl (C=O) groups is 1. The van der Waals surface area contributed by atoms with Gasteiger partial charge in [0.15, 0.2) is 0 Å². The summed E-state index contributed by atoms with van der Waals surface area (Å²) in [5.74, 6) is 0.622. The largest absolute Gasteiger partial charge is 0.462 e. The number of carbonyl (C=O) groups excluding carboxylic acids is 1. The van der Waals surface area contributed by atoms with Crippen LogP contribution in [0.15, 0.2) is 0 Å². The second kappa shape index (κ2) is 2.74. The second-order valence-corrected chi connectivity index (χ2v) is 5.71. The highest BCUT2D eigenvalue weighted by atomic mass is 16.5. The smallest absolute Gasteiger partial charge is 0.302 e. The van der Waals surface area contributed by atoms with Crippen molar-refractivity contribution in [1.82, 2.24) is 0 Å². The lowest BCUT2D eigenvalue weighted by Crippen LogP contribution is -2.37. The summed E-state index contributed by atoms with van der Waals surface area (Å²) in [6.45, 7) is 8.46. The van der Waals surface area contributed by atoms with Crippen LogP contribution in [0.25, 0.3) is 0 Å². The maximum absolute atomic E-state index is 11.0. The zero-order valence-electron chi connectivity index (χ0n) is 9.59. The second-order valence-electron chi connectivity index (χ2n) is 5.71. The van der Waals surface area contributed by atoms with Crippen molar-refractivity contribution in [3.63, 3.8) is 0 Å². The Kier molecular flexibility index (Phi) is 1.96. The molecule has 2 bridgehead atoms. The summed E-state index contributed by atoms with van der Waals surface area (Å²) in [5, 5.41) is 0. The average molecular weight is 196 g/mol. The molecule has 2 aliphatic rings. The normalized spacial score (nSPS) is 44.0. The molecule has 1 unspecified atom stereocenters. The van der Waals surface area contributed by atoms with Gasteiger partial charge in [-0.05, 0) is 30.6 Å². The molecule has 0 aromatic rings. The maximum atomic E-state index is 11.0. The molecule has 2 fully saturated rings. The highest BCUT2D eigenvalue weighted by Crippen LogP contribution is 2.66. The van der Waals surface area contributed by atoms with E-state index in [2.05, 4.69) is 20.8 Å². The summed E-state index contributed by atoms with van der Waals surface area (Å²) in [4.78, 5) is 11.0. The van der Waals surface area contributed by atoms with E-state index >= 15 is 0 Å². The average Bonchev–Trinajstić information content (AvgIpc) is 2.35. The van der Waals surface area contributed by atoms with E-state index in [1.54, 1.807) is 0 Å².